The summed E-state index contributed by atoms with van der Waals surface area (Å²) in [7, 11) is 4.51. The summed E-state index contributed by atoms with van der Waals surface area (Å²) in [5.74, 6) is 0. The molecule has 3 heteroatoms. The molecule has 19 heavy (non-hydrogen) atoms. The van der Waals surface area contributed by atoms with Crippen LogP contribution >= 0.6 is 17.5 Å². The van der Waals surface area contributed by atoms with Crippen LogP contribution in [0.1, 0.15) is 75.7 Å². The standard InChI is InChI=1S/C12H27P.C4H7.ClH.Pd/c1-10(2,3)13(11(4,5)6)12(7,8)9;1-3-4-2;;/h1-9H3;1,3H,4H2,2H3;1H;/q;-1;;+2/p-1. The van der Waals surface area contributed by atoms with E-state index < -0.39 is 0 Å². The number of halogens is 1. The van der Waals surface area contributed by atoms with Gasteiger partial charge in [-0.15, -0.1) is 0 Å². The zero-order valence-electron chi connectivity index (χ0n) is 14.5. The Labute approximate surface area is 139 Å². The fourth-order valence-electron chi connectivity index (χ4n) is 3.02. The van der Waals surface area contributed by atoms with Crippen molar-refractivity contribution < 1.29 is 18.2 Å². The second-order valence-electron chi connectivity index (χ2n) is 7.49. The minimum atomic E-state index is 0.0162. The summed E-state index contributed by atoms with van der Waals surface area (Å²) in [6, 6.07) is 0. The van der Waals surface area contributed by atoms with Crippen LogP contribution in [0.25, 0.3) is 0 Å². The molecule has 0 atom stereocenters. The molecular formula is C16H34ClPPd. The first-order valence-corrected chi connectivity index (χ1v) is 10.1. The third-order valence-electron chi connectivity index (χ3n) is 2.25. The molecule has 120 valence electrons. The molecule has 0 N–H and O–H groups in total. The topological polar surface area (TPSA) is 0 Å². The Kier molecular flexibility index (Phi) is 14.3. The van der Waals surface area contributed by atoms with E-state index in [0.717, 1.165) is 6.42 Å². The second kappa shape index (κ2) is 10.8. The molecule has 0 unspecified atom stereocenters. The number of hydrogen-bond donors (Lipinski definition) is 0. The Morgan fingerprint density at radius 3 is 1.00 bits per heavy atom. The van der Waals surface area contributed by atoms with E-state index in [1.165, 1.54) is 0 Å². The van der Waals surface area contributed by atoms with Crippen LogP contribution in [0, 0.1) is 6.58 Å². The number of rotatable bonds is 1. The van der Waals surface area contributed by atoms with E-state index in [1.54, 1.807) is 6.08 Å². The Morgan fingerprint density at radius 2 is 1.00 bits per heavy atom. The van der Waals surface area contributed by atoms with E-state index in [0.29, 0.717) is 15.5 Å². The molecule has 0 rings (SSSR count). The first-order chi connectivity index (χ1) is 8.28. The second-order valence-corrected chi connectivity index (χ2v) is 12.2. The Hall–Kier alpha value is 1.12. The van der Waals surface area contributed by atoms with Crippen molar-refractivity contribution in [3.8, 4) is 0 Å². The van der Waals surface area contributed by atoms with Gasteiger partial charge < -0.3 is 6.58 Å². The molecule has 0 aliphatic carbocycles. The molecule has 0 saturated carbocycles. The molecule has 0 radical (unpaired) electrons. The quantitative estimate of drug-likeness (QED) is 0.255. The van der Waals surface area contributed by atoms with Crippen molar-refractivity contribution in [1.82, 2.24) is 0 Å². The Morgan fingerprint density at radius 1 is 0.842 bits per heavy atom. The van der Waals surface area contributed by atoms with Gasteiger partial charge in [0.15, 0.2) is 0 Å². The average Bonchev–Trinajstić information content (AvgIpc) is 2.14. The van der Waals surface area contributed by atoms with Crippen molar-refractivity contribution >= 4 is 17.5 Å². The van der Waals surface area contributed by atoms with Crippen molar-refractivity contribution in [2.24, 2.45) is 0 Å². The van der Waals surface area contributed by atoms with Crippen LogP contribution < -0.4 is 0 Å². The third kappa shape index (κ3) is 13.8. The van der Waals surface area contributed by atoms with Gasteiger partial charge in [-0.2, -0.15) is 0 Å². The van der Waals surface area contributed by atoms with Crippen LogP contribution in [0.3, 0.4) is 0 Å². The zero-order chi connectivity index (χ0) is 16.5. The van der Waals surface area contributed by atoms with Crippen LogP contribution in [0.5, 0.6) is 0 Å². The fourth-order valence-corrected chi connectivity index (χ4v) is 9.06. The maximum absolute atomic E-state index is 4.90. The van der Waals surface area contributed by atoms with Gasteiger partial charge in [0, 0.05) is 0 Å². The van der Waals surface area contributed by atoms with Gasteiger partial charge >= 0.3 is 27.7 Å². The molecule has 0 aromatic heterocycles. The van der Waals surface area contributed by atoms with Crippen molar-refractivity contribution in [3.63, 3.8) is 0 Å². The predicted octanol–water partition coefficient (Wildman–Crippen LogP) is 6.94. The molecule has 0 bridgehead atoms. The first kappa shape index (κ1) is 25.1. The first-order valence-electron chi connectivity index (χ1n) is 6.74. The van der Waals surface area contributed by atoms with Gasteiger partial charge in [0.05, 0.1) is 0 Å². The summed E-state index contributed by atoms with van der Waals surface area (Å²) in [5.41, 5.74) is 0. The van der Waals surface area contributed by atoms with Gasteiger partial charge in [0.2, 0.25) is 0 Å². The summed E-state index contributed by atoms with van der Waals surface area (Å²) < 4.78 is 0. The van der Waals surface area contributed by atoms with Gasteiger partial charge in [-0.1, -0.05) is 83.6 Å². The predicted molar refractivity (Wildman–Crippen MR) is 91.2 cm³/mol. The van der Waals surface area contributed by atoms with E-state index >= 15 is 0 Å². The molecule has 0 saturated heterocycles. The van der Waals surface area contributed by atoms with Crippen LogP contribution in [-0.2, 0) is 18.2 Å². The Bertz CT molecular complexity index is 185. The summed E-state index contributed by atoms with van der Waals surface area (Å²) >= 11 is 2.22. The fraction of sp³-hybridized carbons (Fsp3) is 0.875. The van der Waals surface area contributed by atoms with E-state index in [9.17, 15) is 0 Å². The van der Waals surface area contributed by atoms with Crippen LogP contribution in [0.15, 0.2) is 6.08 Å². The molecule has 0 aliphatic rings. The normalized spacial score (nSPS) is 12.1. The average molecular weight is 399 g/mol. The van der Waals surface area contributed by atoms with E-state index in [4.69, 9.17) is 6.58 Å². The van der Waals surface area contributed by atoms with E-state index in [-0.39, 0.29) is 7.92 Å². The van der Waals surface area contributed by atoms with Gasteiger partial charge in [0.1, 0.15) is 0 Å². The van der Waals surface area contributed by atoms with Crippen molar-refractivity contribution in [3.05, 3.63) is 12.7 Å². The van der Waals surface area contributed by atoms with Crippen molar-refractivity contribution in [2.45, 2.75) is 91.1 Å². The molecule has 0 aromatic rings. The van der Waals surface area contributed by atoms with Gasteiger partial charge in [-0.05, 0) is 15.5 Å². The zero-order valence-corrected chi connectivity index (χ0v) is 17.7. The summed E-state index contributed by atoms with van der Waals surface area (Å²) in [5, 5.41) is 1.35. The number of allylic oxidation sites excluding steroid dienone is 1. The van der Waals surface area contributed by atoms with Crippen LogP contribution in [0.4, 0.5) is 0 Å². The van der Waals surface area contributed by atoms with Crippen molar-refractivity contribution in [2.75, 3.05) is 0 Å². The summed E-state index contributed by atoms with van der Waals surface area (Å²) in [4.78, 5) is 0. The number of hydrogen-bond acceptors (Lipinski definition) is 0. The third-order valence-corrected chi connectivity index (χ3v) is 6.27. The summed E-state index contributed by atoms with van der Waals surface area (Å²) in [6.45, 7) is 28.4. The van der Waals surface area contributed by atoms with Crippen LogP contribution in [0.2, 0.25) is 0 Å². The molecule has 0 aromatic carbocycles. The molecule has 0 amide bonds. The molecule has 0 nitrogen and oxygen atoms in total. The molecular weight excluding hydrogens is 365 g/mol. The molecule has 0 spiro atoms. The Balaban J connectivity index is -0.000000361. The van der Waals surface area contributed by atoms with Crippen molar-refractivity contribution in [1.29, 1.82) is 0 Å². The minimum absolute atomic E-state index is 0.0162. The van der Waals surface area contributed by atoms with Crippen LogP contribution in [-0.4, -0.2) is 15.5 Å². The maximum atomic E-state index is 4.90. The van der Waals surface area contributed by atoms with Gasteiger partial charge in [-0.25, -0.2) is 0 Å². The molecule has 0 aliphatic heterocycles. The monoisotopic (exact) mass is 398 g/mol. The van der Waals surface area contributed by atoms with Gasteiger partial charge in [0.25, 0.3) is 0 Å². The van der Waals surface area contributed by atoms with E-state index in [1.807, 2.05) is 6.92 Å². The SMILES string of the molecule is CC(C)(C)P(C(C)(C)C)C(C)(C)C.[CH-]=CCC.[Cl][Pd+]. The van der Waals surface area contributed by atoms with E-state index in [2.05, 4.69) is 90.0 Å². The molecule has 0 heterocycles. The summed E-state index contributed by atoms with van der Waals surface area (Å²) in [6.07, 6.45) is 2.60. The van der Waals surface area contributed by atoms with Gasteiger partial charge in [-0.3, -0.25) is 6.08 Å². The molecule has 0 fully saturated rings.